The fourth-order valence-corrected chi connectivity index (χ4v) is 11.4. The lowest BCUT2D eigenvalue weighted by Gasteiger charge is -2.34. The van der Waals surface area contributed by atoms with E-state index in [1.54, 1.807) is 0 Å². The SMILES string of the molecule is c1ccc(-c2ccc(-c3cccc(N(c4ccc(-c5ccc(-c6cccc7ccccc67)cc5)cc4)c4ccc(-c5cccc6c5-c5ccccc5C6(c5ccccc5)c5ccccc5)cc4)c3)cc2)cc1. The molecule has 0 saturated carbocycles. The van der Waals surface area contributed by atoms with Gasteiger partial charge in [-0.2, -0.15) is 0 Å². The molecule has 1 aliphatic carbocycles. The van der Waals surface area contributed by atoms with E-state index >= 15 is 0 Å². The molecule has 0 unspecified atom stereocenters. The van der Waals surface area contributed by atoms with E-state index in [4.69, 9.17) is 0 Å². The molecule has 12 aromatic rings. The van der Waals surface area contributed by atoms with E-state index in [1.165, 1.54) is 94.2 Å². The van der Waals surface area contributed by atoms with Crippen LogP contribution in [0.2, 0.25) is 0 Å². The molecule has 0 aromatic heterocycles. The van der Waals surface area contributed by atoms with E-state index in [2.05, 4.69) is 302 Å². The zero-order valence-corrected chi connectivity index (χ0v) is 39.7. The zero-order valence-electron chi connectivity index (χ0n) is 39.7. The molecule has 0 aliphatic heterocycles. The Kier molecular flexibility index (Phi) is 10.8. The first-order valence-electron chi connectivity index (χ1n) is 24.9. The molecule has 0 atom stereocenters. The van der Waals surface area contributed by atoms with E-state index in [0.717, 1.165) is 22.6 Å². The molecule has 1 heteroatoms. The second-order valence-electron chi connectivity index (χ2n) is 18.8. The highest BCUT2D eigenvalue weighted by molar-refractivity contribution is 5.98. The molecular weight excluding hydrogens is 867 g/mol. The average molecular weight is 916 g/mol. The summed E-state index contributed by atoms with van der Waals surface area (Å²) >= 11 is 0. The number of hydrogen-bond donors (Lipinski definition) is 0. The Morgan fingerprint density at radius 2 is 0.639 bits per heavy atom. The van der Waals surface area contributed by atoms with Gasteiger partial charge >= 0.3 is 0 Å². The number of rotatable bonds is 10. The second-order valence-corrected chi connectivity index (χ2v) is 18.8. The monoisotopic (exact) mass is 915 g/mol. The van der Waals surface area contributed by atoms with Gasteiger partial charge in [0, 0.05) is 17.1 Å². The van der Waals surface area contributed by atoms with E-state index in [0.29, 0.717) is 0 Å². The van der Waals surface area contributed by atoms with Crippen LogP contribution in [0.3, 0.4) is 0 Å². The average Bonchev–Trinajstić information content (AvgIpc) is 3.78. The van der Waals surface area contributed by atoms with Crippen LogP contribution in [0.1, 0.15) is 22.3 Å². The van der Waals surface area contributed by atoms with Gasteiger partial charge < -0.3 is 4.90 Å². The summed E-state index contributed by atoms with van der Waals surface area (Å²) in [7, 11) is 0. The van der Waals surface area contributed by atoms with Crippen LogP contribution in [0.15, 0.2) is 297 Å². The van der Waals surface area contributed by atoms with E-state index in [-0.39, 0.29) is 0 Å². The number of hydrogen-bond acceptors (Lipinski definition) is 1. The summed E-state index contributed by atoms with van der Waals surface area (Å²) in [6, 6.07) is 109. The van der Waals surface area contributed by atoms with E-state index in [9.17, 15) is 0 Å². The highest BCUT2D eigenvalue weighted by Gasteiger charge is 2.46. The Bertz CT molecular complexity index is 3810. The minimum Gasteiger partial charge on any atom is -0.310 e. The van der Waals surface area contributed by atoms with Gasteiger partial charge in [0.2, 0.25) is 0 Å². The van der Waals surface area contributed by atoms with Gasteiger partial charge in [0.15, 0.2) is 0 Å². The van der Waals surface area contributed by atoms with Gasteiger partial charge in [-0.25, -0.2) is 0 Å². The molecule has 1 aliphatic rings. The second kappa shape index (κ2) is 18.2. The normalized spacial score (nSPS) is 12.3. The first kappa shape index (κ1) is 42.8. The molecule has 0 amide bonds. The smallest absolute Gasteiger partial charge is 0.0713 e. The molecule has 13 rings (SSSR count). The molecule has 338 valence electrons. The lowest BCUT2D eigenvalue weighted by molar-refractivity contribution is 0.768. The van der Waals surface area contributed by atoms with Gasteiger partial charge in [0.25, 0.3) is 0 Å². The molecule has 0 radical (unpaired) electrons. The van der Waals surface area contributed by atoms with E-state index < -0.39 is 5.41 Å². The van der Waals surface area contributed by atoms with Crippen molar-refractivity contribution in [2.75, 3.05) is 4.90 Å². The fourth-order valence-electron chi connectivity index (χ4n) is 11.4. The quantitative estimate of drug-likeness (QED) is 0.132. The van der Waals surface area contributed by atoms with Gasteiger partial charge in [-0.15, -0.1) is 0 Å². The molecule has 1 nitrogen and oxygen atoms in total. The van der Waals surface area contributed by atoms with Gasteiger partial charge in [-0.1, -0.05) is 261 Å². The number of benzene rings is 12. The Labute approximate surface area is 422 Å². The van der Waals surface area contributed by atoms with Crippen molar-refractivity contribution in [2.24, 2.45) is 0 Å². The predicted molar refractivity (Wildman–Crippen MR) is 303 cm³/mol. The first-order chi connectivity index (χ1) is 35.7. The van der Waals surface area contributed by atoms with Crippen LogP contribution in [0.4, 0.5) is 17.1 Å². The van der Waals surface area contributed by atoms with Crippen LogP contribution in [-0.4, -0.2) is 0 Å². The third kappa shape index (κ3) is 7.42. The van der Waals surface area contributed by atoms with Crippen LogP contribution >= 0.6 is 0 Å². The maximum absolute atomic E-state index is 2.39. The summed E-state index contributed by atoms with van der Waals surface area (Å²) < 4.78 is 0. The van der Waals surface area contributed by atoms with Crippen LogP contribution in [-0.2, 0) is 5.41 Å². The minimum absolute atomic E-state index is 0.459. The number of anilines is 3. The topological polar surface area (TPSA) is 3.24 Å². The highest BCUT2D eigenvalue weighted by Crippen LogP contribution is 2.58. The largest absolute Gasteiger partial charge is 0.310 e. The van der Waals surface area contributed by atoms with Crippen molar-refractivity contribution in [3.05, 3.63) is 320 Å². The summed E-state index contributed by atoms with van der Waals surface area (Å²) in [6.45, 7) is 0. The summed E-state index contributed by atoms with van der Waals surface area (Å²) in [4.78, 5) is 2.39. The lowest BCUT2D eigenvalue weighted by atomic mass is 9.67. The lowest BCUT2D eigenvalue weighted by Crippen LogP contribution is -2.28. The van der Waals surface area contributed by atoms with Crippen LogP contribution < -0.4 is 4.90 Å². The van der Waals surface area contributed by atoms with Crippen LogP contribution in [0.5, 0.6) is 0 Å². The molecule has 0 bridgehead atoms. The van der Waals surface area contributed by atoms with Gasteiger partial charge in [-0.3, -0.25) is 0 Å². The summed E-state index contributed by atoms with van der Waals surface area (Å²) in [5, 5.41) is 2.52. The van der Waals surface area contributed by atoms with Gasteiger partial charge in [0.05, 0.1) is 5.41 Å². The fraction of sp³-hybridized carbons (Fsp3) is 0.0141. The molecule has 12 aromatic carbocycles. The number of fused-ring (bicyclic) bond motifs is 4. The maximum atomic E-state index is 2.39. The standard InChI is InChI=1S/C71H49N/c1-4-17-50(18-5-1)51-33-35-54(36-34-51)58-21-14-26-63(49-58)72(61-45-41-53(42-46-61)52-37-39-56(40-38-52)65-29-15-20-55-19-10-11-27-64(55)65)62-47-43-57(44-48-62)66-30-16-32-69-70(66)67-28-12-13-31-68(67)71(69,59-22-6-2-7-23-59)60-24-8-3-9-25-60/h1-49H. The van der Waals surface area contributed by atoms with Crippen molar-refractivity contribution in [3.8, 4) is 66.8 Å². The van der Waals surface area contributed by atoms with Crippen molar-refractivity contribution in [1.82, 2.24) is 0 Å². The Hall–Kier alpha value is -9.30. The Morgan fingerprint density at radius 3 is 1.29 bits per heavy atom. The van der Waals surface area contributed by atoms with Crippen LogP contribution in [0.25, 0.3) is 77.5 Å². The maximum Gasteiger partial charge on any atom is 0.0713 e. The zero-order chi connectivity index (χ0) is 47.8. The van der Waals surface area contributed by atoms with Crippen molar-refractivity contribution < 1.29 is 0 Å². The molecule has 0 spiro atoms. The van der Waals surface area contributed by atoms with E-state index in [1.807, 2.05) is 0 Å². The summed E-state index contributed by atoms with van der Waals surface area (Å²) in [6.07, 6.45) is 0. The van der Waals surface area contributed by atoms with Crippen molar-refractivity contribution >= 4 is 27.8 Å². The van der Waals surface area contributed by atoms with Crippen LogP contribution in [0, 0.1) is 0 Å². The summed E-state index contributed by atoms with van der Waals surface area (Å²) in [5.41, 5.74) is 22.5. The molecule has 0 N–H and O–H groups in total. The molecule has 0 heterocycles. The third-order valence-corrected chi connectivity index (χ3v) is 14.8. The predicted octanol–water partition coefficient (Wildman–Crippen LogP) is 19.0. The van der Waals surface area contributed by atoms with Crippen molar-refractivity contribution in [1.29, 1.82) is 0 Å². The number of nitrogens with zero attached hydrogens (tertiary/aromatic N) is 1. The van der Waals surface area contributed by atoms with Crippen molar-refractivity contribution in [3.63, 3.8) is 0 Å². The first-order valence-corrected chi connectivity index (χ1v) is 24.9. The Balaban J connectivity index is 0.893. The molecule has 0 fully saturated rings. The molecule has 72 heavy (non-hydrogen) atoms. The summed E-state index contributed by atoms with van der Waals surface area (Å²) in [5.74, 6) is 0. The van der Waals surface area contributed by atoms with Gasteiger partial charge in [0.1, 0.15) is 0 Å². The minimum atomic E-state index is -0.459. The van der Waals surface area contributed by atoms with Crippen molar-refractivity contribution in [2.45, 2.75) is 5.41 Å². The third-order valence-electron chi connectivity index (χ3n) is 14.8. The highest BCUT2D eigenvalue weighted by atomic mass is 15.1. The Morgan fingerprint density at radius 1 is 0.236 bits per heavy atom. The molecular formula is C71H49N. The van der Waals surface area contributed by atoms with Gasteiger partial charge in [-0.05, 0) is 136 Å². The molecule has 0 saturated heterocycles.